The summed E-state index contributed by atoms with van der Waals surface area (Å²) >= 11 is 0. The number of methoxy groups -OCH3 is 2. The standard InChI is InChI=1S/C23H30F2N2O3/c1-14-7-8-27(13-23(14,24)25)12-19-20(29-5)9-17(10-21(19)30-6)18-11-26(4)22(28)16(3)15(18)2/h9-11,14H,7-8,12-13H2,1-6H3. The number of rotatable bonds is 5. The number of pyridine rings is 1. The summed E-state index contributed by atoms with van der Waals surface area (Å²) in [6.07, 6.45) is 2.25. The summed E-state index contributed by atoms with van der Waals surface area (Å²) < 4.78 is 41.3. The highest BCUT2D eigenvalue weighted by Crippen LogP contribution is 2.39. The van der Waals surface area contributed by atoms with E-state index in [2.05, 4.69) is 0 Å². The van der Waals surface area contributed by atoms with Gasteiger partial charge in [-0.25, -0.2) is 8.78 Å². The van der Waals surface area contributed by atoms with Crippen molar-refractivity contribution in [1.29, 1.82) is 0 Å². The molecule has 2 aromatic rings. The van der Waals surface area contributed by atoms with E-state index in [1.165, 1.54) is 0 Å². The van der Waals surface area contributed by atoms with Gasteiger partial charge in [-0.2, -0.15) is 0 Å². The van der Waals surface area contributed by atoms with Crippen molar-refractivity contribution < 1.29 is 18.3 Å². The number of benzene rings is 1. The second kappa shape index (κ2) is 8.38. The fraction of sp³-hybridized carbons (Fsp3) is 0.522. The average Bonchev–Trinajstić information content (AvgIpc) is 2.71. The molecule has 1 aliphatic rings. The molecule has 1 aromatic heterocycles. The van der Waals surface area contributed by atoms with Crippen LogP contribution in [0.5, 0.6) is 11.5 Å². The minimum Gasteiger partial charge on any atom is -0.496 e. The van der Waals surface area contributed by atoms with E-state index in [1.807, 2.05) is 26.0 Å². The lowest BCUT2D eigenvalue weighted by Gasteiger charge is -2.37. The van der Waals surface area contributed by atoms with Crippen molar-refractivity contribution in [2.75, 3.05) is 27.3 Å². The molecular weight excluding hydrogens is 390 g/mol. The maximum Gasteiger partial charge on any atom is 0.263 e. The number of ether oxygens (including phenoxy) is 2. The van der Waals surface area contributed by atoms with Gasteiger partial charge in [-0.3, -0.25) is 9.69 Å². The number of aryl methyl sites for hydroxylation is 1. The van der Waals surface area contributed by atoms with Gasteiger partial charge < -0.3 is 14.0 Å². The van der Waals surface area contributed by atoms with E-state index in [4.69, 9.17) is 9.47 Å². The molecule has 0 saturated carbocycles. The third kappa shape index (κ3) is 4.08. The van der Waals surface area contributed by atoms with Gasteiger partial charge >= 0.3 is 0 Å². The van der Waals surface area contributed by atoms with Crippen LogP contribution in [0, 0.1) is 19.8 Å². The molecule has 1 aromatic carbocycles. The zero-order chi connectivity index (χ0) is 22.2. The Bertz CT molecular complexity index is 976. The Balaban J connectivity index is 2.03. The van der Waals surface area contributed by atoms with E-state index in [0.29, 0.717) is 36.6 Å². The molecule has 7 heteroatoms. The molecule has 3 rings (SSSR count). The monoisotopic (exact) mass is 420 g/mol. The van der Waals surface area contributed by atoms with Gasteiger partial charge in [-0.05, 0) is 50.1 Å². The number of hydrogen-bond donors (Lipinski definition) is 0. The average molecular weight is 421 g/mol. The van der Waals surface area contributed by atoms with E-state index in [0.717, 1.165) is 22.3 Å². The molecule has 0 amide bonds. The third-order valence-electron chi connectivity index (χ3n) is 6.26. The van der Waals surface area contributed by atoms with Gasteiger partial charge in [0, 0.05) is 36.8 Å². The first-order chi connectivity index (χ1) is 14.1. The Hall–Kier alpha value is -2.41. The molecule has 2 heterocycles. The number of likely N-dealkylation sites (tertiary alicyclic amines) is 1. The molecule has 0 radical (unpaired) electrons. The van der Waals surface area contributed by atoms with Gasteiger partial charge in [-0.15, -0.1) is 0 Å². The van der Waals surface area contributed by atoms with Crippen molar-refractivity contribution in [2.45, 2.75) is 39.7 Å². The Morgan fingerprint density at radius 2 is 1.73 bits per heavy atom. The summed E-state index contributed by atoms with van der Waals surface area (Å²) in [4.78, 5) is 14.0. The van der Waals surface area contributed by atoms with Crippen molar-refractivity contribution >= 4 is 0 Å². The second-order valence-electron chi connectivity index (χ2n) is 8.23. The number of halogens is 2. The zero-order valence-electron chi connectivity index (χ0n) is 18.5. The van der Waals surface area contributed by atoms with Crippen LogP contribution < -0.4 is 15.0 Å². The summed E-state index contributed by atoms with van der Waals surface area (Å²) in [6, 6.07) is 3.77. The van der Waals surface area contributed by atoms with Crippen molar-refractivity contribution in [3.8, 4) is 22.6 Å². The van der Waals surface area contributed by atoms with E-state index in [1.54, 1.807) is 43.9 Å². The molecule has 1 saturated heterocycles. The van der Waals surface area contributed by atoms with Crippen LogP contribution in [-0.4, -0.2) is 42.7 Å². The molecule has 0 aliphatic carbocycles. The molecule has 1 unspecified atom stereocenters. The van der Waals surface area contributed by atoms with E-state index in [-0.39, 0.29) is 12.1 Å². The smallest absolute Gasteiger partial charge is 0.263 e. The molecule has 0 spiro atoms. The number of hydrogen-bond acceptors (Lipinski definition) is 4. The number of piperidine rings is 1. The number of alkyl halides is 2. The Labute approximate surface area is 176 Å². The van der Waals surface area contributed by atoms with Crippen molar-refractivity contribution in [3.05, 3.63) is 45.4 Å². The largest absolute Gasteiger partial charge is 0.496 e. The van der Waals surface area contributed by atoms with Crippen LogP contribution in [0.3, 0.4) is 0 Å². The summed E-state index contributed by atoms with van der Waals surface area (Å²) in [6.45, 7) is 5.97. The molecule has 0 N–H and O–H groups in total. The molecule has 0 bridgehead atoms. The molecule has 30 heavy (non-hydrogen) atoms. The highest BCUT2D eigenvalue weighted by atomic mass is 19.3. The number of nitrogens with zero attached hydrogens (tertiary/aromatic N) is 2. The van der Waals surface area contributed by atoms with Crippen LogP contribution >= 0.6 is 0 Å². The predicted octanol–water partition coefficient (Wildman–Crippen LogP) is 4.16. The zero-order valence-corrected chi connectivity index (χ0v) is 18.5. The quantitative estimate of drug-likeness (QED) is 0.729. The normalized spacial score (nSPS) is 19.0. The van der Waals surface area contributed by atoms with Crippen LogP contribution in [0.15, 0.2) is 23.1 Å². The molecular formula is C23H30F2N2O3. The Morgan fingerprint density at radius 3 is 2.27 bits per heavy atom. The second-order valence-corrected chi connectivity index (χ2v) is 8.23. The lowest BCUT2D eigenvalue weighted by atomic mass is 9.94. The lowest BCUT2D eigenvalue weighted by Crippen LogP contribution is -2.47. The first kappa shape index (κ1) is 22.3. The molecule has 164 valence electrons. The SMILES string of the molecule is COc1cc(-c2cn(C)c(=O)c(C)c2C)cc(OC)c1CN1CCC(C)C(F)(F)C1. The topological polar surface area (TPSA) is 43.7 Å². The van der Waals surface area contributed by atoms with Crippen LogP contribution in [0.2, 0.25) is 0 Å². The number of aromatic nitrogens is 1. The van der Waals surface area contributed by atoms with Crippen LogP contribution in [0.25, 0.3) is 11.1 Å². The van der Waals surface area contributed by atoms with Crippen LogP contribution in [-0.2, 0) is 13.6 Å². The molecule has 1 fully saturated rings. The van der Waals surface area contributed by atoms with E-state index >= 15 is 0 Å². The minimum absolute atomic E-state index is 0.0351. The summed E-state index contributed by atoms with van der Waals surface area (Å²) in [7, 11) is 4.85. The van der Waals surface area contributed by atoms with Gasteiger partial charge in [0.15, 0.2) is 0 Å². The fourth-order valence-corrected chi connectivity index (χ4v) is 4.04. The highest BCUT2D eigenvalue weighted by molar-refractivity contribution is 5.72. The Kier molecular flexibility index (Phi) is 6.22. The maximum atomic E-state index is 14.2. The Morgan fingerprint density at radius 1 is 1.13 bits per heavy atom. The van der Waals surface area contributed by atoms with Crippen LogP contribution in [0.4, 0.5) is 8.78 Å². The van der Waals surface area contributed by atoms with E-state index in [9.17, 15) is 13.6 Å². The van der Waals surface area contributed by atoms with Gasteiger partial charge in [0.1, 0.15) is 11.5 Å². The van der Waals surface area contributed by atoms with Crippen molar-refractivity contribution in [3.63, 3.8) is 0 Å². The molecule has 5 nitrogen and oxygen atoms in total. The van der Waals surface area contributed by atoms with Gasteiger partial charge in [0.25, 0.3) is 11.5 Å². The third-order valence-corrected chi connectivity index (χ3v) is 6.26. The van der Waals surface area contributed by atoms with Gasteiger partial charge in [0.2, 0.25) is 0 Å². The molecule has 1 aliphatic heterocycles. The van der Waals surface area contributed by atoms with Crippen molar-refractivity contribution in [1.82, 2.24) is 9.47 Å². The summed E-state index contributed by atoms with van der Waals surface area (Å²) in [5.74, 6) is -2.16. The van der Waals surface area contributed by atoms with Gasteiger partial charge in [-0.1, -0.05) is 6.92 Å². The van der Waals surface area contributed by atoms with E-state index < -0.39 is 11.8 Å². The lowest BCUT2D eigenvalue weighted by molar-refractivity contribution is -0.106. The summed E-state index contributed by atoms with van der Waals surface area (Å²) in [5.41, 5.74) is 4.03. The maximum absolute atomic E-state index is 14.2. The first-order valence-corrected chi connectivity index (χ1v) is 10.1. The first-order valence-electron chi connectivity index (χ1n) is 10.1. The van der Waals surface area contributed by atoms with Crippen LogP contribution in [0.1, 0.15) is 30.0 Å². The van der Waals surface area contributed by atoms with Gasteiger partial charge in [0.05, 0.1) is 26.3 Å². The summed E-state index contributed by atoms with van der Waals surface area (Å²) in [5, 5.41) is 0. The minimum atomic E-state index is -2.71. The molecule has 1 atom stereocenters. The predicted molar refractivity (Wildman–Crippen MR) is 114 cm³/mol. The highest BCUT2D eigenvalue weighted by Gasteiger charge is 2.41. The fourth-order valence-electron chi connectivity index (χ4n) is 4.04. The van der Waals surface area contributed by atoms with Crippen molar-refractivity contribution in [2.24, 2.45) is 13.0 Å².